The fourth-order valence-corrected chi connectivity index (χ4v) is 2.96. The minimum absolute atomic E-state index is 0. The molecule has 1 aromatic carbocycles. The summed E-state index contributed by atoms with van der Waals surface area (Å²) in [5, 5.41) is 9.07. The molecule has 0 amide bonds. The number of halogens is 1. The van der Waals surface area contributed by atoms with Gasteiger partial charge < -0.3 is 5.11 Å². The maximum Gasteiger partial charge on any atom is 0.347 e. The lowest BCUT2D eigenvalue weighted by Gasteiger charge is -1.97. The van der Waals surface area contributed by atoms with Crippen LogP contribution in [0.4, 0.5) is 0 Å². The lowest BCUT2D eigenvalue weighted by Crippen LogP contribution is -1.96. The first-order chi connectivity index (χ1) is 9.06. The van der Waals surface area contributed by atoms with Crippen LogP contribution in [-0.2, 0) is 0 Å². The standard InChI is InChI=1S/C14H12N2O2S.ClH/c1-8-3-5-10(6-4-8)11-7-16-9(2)12(13(17)18)19-14(16)15-11;/h3-7H,1-2H3,(H,17,18);1H. The fourth-order valence-electron chi connectivity index (χ4n) is 2.01. The second-order valence-electron chi connectivity index (χ2n) is 4.47. The smallest absolute Gasteiger partial charge is 0.347 e. The van der Waals surface area contributed by atoms with E-state index in [1.807, 2.05) is 41.8 Å². The van der Waals surface area contributed by atoms with Crippen molar-refractivity contribution in [2.24, 2.45) is 0 Å². The van der Waals surface area contributed by atoms with E-state index in [4.69, 9.17) is 5.11 Å². The molecule has 0 bridgehead atoms. The quantitative estimate of drug-likeness (QED) is 0.783. The number of hydrogen-bond donors (Lipinski definition) is 1. The van der Waals surface area contributed by atoms with Crippen LogP contribution in [0.15, 0.2) is 30.5 Å². The number of carboxylic acids is 1. The maximum absolute atomic E-state index is 11.1. The molecule has 4 nitrogen and oxygen atoms in total. The third kappa shape index (κ3) is 2.30. The second-order valence-corrected chi connectivity index (χ2v) is 5.44. The highest BCUT2D eigenvalue weighted by atomic mass is 35.5. The average molecular weight is 309 g/mol. The van der Waals surface area contributed by atoms with Gasteiger partial charge in [0.25, 0.3) is 0 Å². The Morgan fingerprint density at radius 2 is 1.90 bits per heavy atom. The summed E-state index contributed by atoms with van der Waals surface area (Å²) in [6.45, 7) is 3.84. The minimum Gasteiger partial charge on any atom is -0.477 e. The molecule has 2 heterocycles. The highest BCUT2D eigenvalue weighted by molar-refractivity contribution is 7.19. The monoisotopic (exact) mass is 308 g/mol. The molecule has 0 aliphatic carbocycles. The Balaban J connectivity index is 0.00000147. The Morgan fingerprint density at radius 3 is 2.45 bits per heavy atom. The number of nitrogens with zero attached hydrogens (tertiary/aromatic N) is 2. The third-order valence-corrected chi connectivity index (χ3v) is 4.24. The van der Waals surface area contributed by atoms with Crippen molar-refractivity contribution in [1.82, 2.24) is 9.38 Å². The Hall–Kier alpha value is -1.85. The van der Waals surface area contributed by atoms with E-state index in [1.54, 1.807) is 6.92 Å². The van der Waals surface area contributed by atoms with Gasteiger partial charge in [-0.15, -0.1) is 12.4 Å². The number of imidazole rings is 1. The Kier molecular flexibility index (Phi) is 3.83. The van der Waals surface area contributed by atoms with Crippen molar-refractivity contribution in [3.63, 3.8) is 0 Å². The molecule has 0 aliphatic rings. The number of carboxylic acid groups (broad SMARTS) is 1. The number of hydrogen-bond acceptors (Lipinski definition) is 3. The molecule has 0 saturated heterocycles. The molecule has 3 aromatic rings. The predicted octanol–water partition coefficient (Wildman–Crippen LogP) is 3.80. The van der Waals surface area contributed by atoms with E-state index >= 15 is 0 Å². The first-order valence-electron chi connectivity index (χ1n) is 5.85. The predicted molar refractivity (Wildman–Crippen MR) is 82.2 cm³/mol. The summed E-state index contributed by atoms with van der Waals surface area (Å²) < 4.78 is 1.84. The van der Waals surface area contributed by atoms with E-state index in [1.165, 1.54) is 16.9 Å². The van der Waals surface area contributed by atoms with Gasteiger partial charge in [-0.25, -0.2) is 9.78 Å². The number of aryl methyl sites for hydroxylation is 2. The van der Waals surface area contributed by atoms with E-state index in [0.717, 1.165) is 17.0 Å². The Bertz CT molecular complexity index is 774. The van der Waals surface area contributed by atoms with Gasteiger partial charge in [-0.3, -0.25) is 4.40 Å². The summed E-state index contributed by atoms with van der Waals surface area (Å²) in [4.78, 5) is 16.6. The van der Waals surface area contributed by atoms with Crippen LogP contribution in [0.5, 0.6) is 0 Å². The molecule has 3 rings (SSSR count). The van der Waals surface area contributed by atoms with Crippen molar-refractivity contribution in [3.05, 3.63) is 46.6 Å². The normalized spacial score (nSPS) is 10.5. The minimum atomic E-state index is -0.898. The highest BCUT2D eigenvalue weighted by Crippen LogP contribution is 2.27. The molecule has 0 aliphatic heterocycles. The van der Waals surface area contributed by atoms with Crippen LogP contribution in [0.25, 0.3) is 16.2 Å². The van der Waals surface area contributed by atoms with Gasteiger partial charge in [0.2, 0.25) is 0 Å². The zero-order chi connectivity index (χ0) is 13.6. The molecule has 2 aromatic heterocycles. The average Bonchev–Trinajstić information content (AvgIpc) is 2.90. The van der Waals surface area contributed by atoms with Crippen molar-refractivity contribution in [2.75, 3.05) is 0 Å². The number of aromatic nitrogens is 2. The summed E-state index contributed by atoms with van der Waals surface area (Å²) in [5.74, 6) is -0.898. The molecule has 0 radical (unpaired) electrons. The van der Waals surface area contributed by atoms with Gasteiger partial charge in [0, 0.05) is 17.5 Å². The molecular weight excluding hydrogens is 296 g/mol. The molecule has 0 unspecified atom stereocenters. The van der Waals surface area contributed by atoms with E-state index in [-0.39, 0.29) is 12.4 Å². The van der Waals surface area contributed by atoms with Gasteiger partial charge in [-0.1, -0.05) is 41.2 Å². The van der Waals surface area contributed by atoms with Crippen molar-refractivity contribution >= 4 is 34.7 Å². The number of thiazole rings is 1. The van der Waals surface area contributed by atoms with E-state index in [2.05, 4.69) is 4.98 Å². The summed E-state index contributed by atoms with van der Waals surface area (Å²) in [7, 11) is 0. The maximum atomic E-state index is 11.1. The van der Waals surface area contributed by atoms with Gasteiger partial charge in [0.1, 0.15) is 4.88 Å². The van der Waals surface area contributed by atoms with Crippen LogP contribution in [0.3, 0.4) is 0 Å². The fraction of sp³-hybridized carbons (Fsp3) is 0.143. The van der Waals surface area contributed by atoms with Crippen LogP contribution in [0.2, 0.25) is 0 Å². The van der Waals surface area contributed by atoms with Gasteiger partial charge in [-0.05, 0) is 13.8 Å². The molecule has 104 valence electrons. The lowest BCUT2D eigenvalue weighted by molar-refractivity contribution is 0.0701. The summed E-state index contributed by atoms with van der Waals surface area (Å²) >= 11 is 1.20. The van der Waals surface area contributed by atoms with Crippen molar-refractivity contribution in [3.8, 4) is 11.3 Å². The highest BCUT2D eigenvalue weighted by Gasteiger charge is 2.16. The van der Waals surface area contributed by atoms with E-state index in [0.29, 0.717) is 9.84 Å². The molecular formula is C14H13ClN2O2S. The van der Waals surface area contributed by atoms with Crippen LogP contribution in [0, 0.1) is 13.8 Å². The number of aromatic carboxylic acids is 1. The van der Waals surface area contributed by atoms with E-state index in [9.17, 15) is 4.79 Å². The number of rotatable bonds is 2. The number of fused-ring (bicyclic) bond motifs is 1. The summed E-state index contributed by atoms with van der Waals surface area (Å²) in [6, 6.07) is 8.13. The van der Waals surface area contributed by atoms with Crippen LogP contribution < -0.4 is 0 Å². The van der Waals surface area contributed by atoms with Crippen LogP contribution in [-0.4, -0.2) is 20.5 Å². The number of carbonyl (C=O) groups is 1. The molecule has 6 heteroatoms. The third-order valence-electron chi connectivity index (χ3n) is 3.10. The first-order valence-corrected chi connectivity index (χ1v) is 6.67. The zero-order valence-electron chi connectivity index (χ0n) is 11.0. The first kappa shape index (κ1) is 14.6. The summed E-state index contributed by atoms with van der Waals surface area (Å²) in [5.41, 5.74) is 3.83. The topological polar surface area (TPSA) is 54.6 Å². The molecule has 0 atom stereocenters. The van der Waals surface area contributed by atoms with Crippen molar-refractivity contribution in [2.45, 2.75) is 13.8 Å². The largest absolute Gasteiger partial charge is 0.477 e. The molecule has 0 spiro atoms. The van der Waals surface area contributed by atoms with Gasteiger partial charge >= 0.3 is 5.97 Å². The molecule has 0 fully saturated rings. The molecule has 0 saturated carbocycles. The Labute approximate surface area is 126 Å². The van der Waals surface area contributed by atoms with Gasteiger partial charge in [-0.2, -0.15) is 0 Å². The second kappa shape index (κ2) is 5.26. The summed E-state index contributed by atoms with van der Waals surface area (Å²) in [6.07, 6.45) is 1.89. The Morgan fingerprint density at radius 1 is 1.25 bits per heavy atom. The molecule has 1 N–H and O–H groups in total. The van der Waals surface area contributed by atoms with E-state index < -0.39 is 5.97 Å². The SMILES string of the molecule is Cc1ccc(-c2cn3c(C)c(C(=O)O)sc3n2)cc1.Cl. The van der Waals surface area contributed by atoms with Crippen LogP contribution >= 0.6 is 23.7 Å². The van der Waals surface area contributed by atoms with Gasteiger partial charge in [0.05, 0.1) is 5.69 Å². The van der Waals surface area contributed by atoms with Crippen molar-refractivity contribution in [1.29, 1.82) is 0 Å². The zero-order valence-corrected chi connectivity index (χ0v) is 12.6. The van der Waals surface area contributed by atoms with Gasteiger partial charge in [0.15, 0.2) is 4.96 Å². The number of benzene rings is 1. The van der Waals surface area contributed by atoms with Crippen LogP contribution in [0.1, 0.15) is 20.9 Å². The molecule has 20 heavy (non-hydrogen) atoms. The van der Waals surface area contributed by atoms with Crippen molar-refractivity contribution < 1.29 is 9.90 Å². The lowest BCUT2D eigenvalue weighted by atomic mass is 10.1.